The fourth-order valence-electron chi connectivity index (χ4n) is 11.2. The van der Waals surface area contributed by atoms with Gasteiger partial charge in [-0.05, 0) is 99.3 Å². The number of fused-ring (bicyclic) bond motifs is 6. The summed E-state index contributed by atoms with van der Waals surface area (Å²) >= 11 is 0. The Morgan fingerprint density at radius 3 is 1.78 bits per heavy atom. The smallest absolute Gasteiger partial charge is 0.653 e. The standard InChI is InChI=1S/C60H46B2N4O.Pt/c1-36-18-13-19-37(2)54(36)61-46-27-7-8-28-47(46)62(55-38(3)20-14-21-39(55)4)56-48(61)34-42(60-64-50-30-9-10-31-51(50)66(60)59-40(5)22-15-23-41(59)6)35-53(56)67-52-32-17-25-44-43-24-16-26-45(57(43)65-58(44)52)49-29-11-12-33-63-49;/h7-34H,1-6H3;/q-2;+2. The van der Waals surface area contributed by atoms with Crippen LogP contribution in [0.15, 0.2) is 170 Å². The average Bonchev–Trinajstić information content (AvgIpc) is 3.92. The van der Waals surface area contributed by atoms with Gasteiger partial charge in [0.05, 0.1) is 22.6 Å². The SMILES string of the molecule is Cc1cccc(C)c1B1c2ccccc2B(c2c(C)cccc2C)c2c(Oc3cccc4c3[n-]c3c(-c5ccccn5)cccc34)[c-]c(-c3nc4ccccc4n3-c3c(C)cccc3C)cc21.[Pt+2]. The molecule has 68 heavy (non-hydrogen) atoms. The minimum atomic E-state index is -0.160. The van der Waals surface area contributed by atoms with Gasteiger partial charge < -0.3 is 14.3 Å². The van der Waals surface area contributed by atoms with Crippen molar-refractivity contribution < 1.29 is 25.8 Å². The molecule has 0 N–H and O–H groups in total. The summed E-state index contributed by atoms with van der Waals surface area (Å²) in [6.45, 7) is 13.1. The fourth-order valence-corrected chi connectivity index (χ4v) is 11.2. The molecule has 0 amide bonds. The van der Waals surface area contributed by atoms with Gasteiger partial charge >= 0.3 is 21.1 Å². The van der Waals surface area contributed by atoms with Gasteiger partial charge in [-0.1, -0.05) is 183 Å². The van der Waals surface area contributed by atoms with Gasteiger partial charge in [-0.25, -0.2) is 0 Å². The van der Waals surface area contributed by atoms with Gasteiger partial charge in [0.15, 0.2) is 6.71 Å². The van der Waals surface area contributed by atoms with E-state index in [1.54, 1.807) is 0 Å². The molecule has 0 fully saturated rings. The maximum atomic E-state index is 7.61. The molecule has 0 spiro atoms. The Bertz CT molecular complexity index is 3720. The van der Waals surface area contributed by atoms with Crippen LogP contribution in [0, 0.1) is 47.6 Å². The van der Waals surface area contributed by atoms with E-state index in [2.05, 4.69) is 198 Å². The molecule has 11 aromatic rings. The number of pyridine rings is 1. The molecular weight excluding hydrogens is 1010 g/mol. The maximum absolute atomic E-state index is 7.61. The van der Waals surface area contributed by atoms with Crippen molar-refractivity contribution in [1.29, 1.82) is 0 Å². The predicted octanol–water partition coefficient (Wildman–Crippen LogP) is 9.80. The molecule has 328 valence electrons. The molecule has 5 nitrogen and oxygen atoms in total. The van der Waals surface area contributed by atoms with Gasteiger partial charge in [-0.15, -0.1) is 22.6 Å². The van der Waals surface area contributed by atoms with Crippen molar-refractivity contribution in [3.8, 4) is 39.8 Å². The number of imidazole rings is 1. The van der Waals surface area contributed by atoms with Crippen LogP contribution in [0.25, 0.3) is 61.2 Å². The Kier molecular flexibility index (Phi) is 10.9. The molecule has 3 aromatic heterocycles. The number of aromatic nitrogens is 4. The van der Waals surface area contributed by atoms with Gasteiger partial charge in [-0.3, -0.25) is 9.97 Å². The first-order chi connectivity index (χ1) is 32.7. The largest absolute Gasteiger partial charge is 2.00 e. The zero-order valence-corrected chi connectivity index (χ0v) is 41.1. The molecule has 0 unspecified atom stereocenters. The minimum absolute atomic E-state index is 0. The van der Waals surface area contributed by atoms with Crippen LogP contribution < -0.4 is 42.5 Å². The molecule has 12 rings (SSSR count). The maximum Gasteiger partial charge on any atom is 2.00 e. The number of ether oxygens (including phenoxy) is 1. The molecular formula is C60H46B2N4OPt. The first kappa shape index (κ1) is 43.4. The summed E-state index contributed by atoms with van der Waals surface area (Å²) < 4.78 is 9.95. The molecule has 0 atom stereocenters. The van der Waals surface area contributed by atoms with Crippen molar-refractivity contribution in [2.24, 2.45) is 0 Å². The van der Waals surface area contributed by atoms with Crippen molar-refractivity contribution in [2.45, 2.75) is 41.5 Å². The molecule has 8 heteroatoms. The van der Waals surface area contributed by atoms with Crippen LogP contribution >= 0.6 is 0 Å². The first-order valence-electron chi connectivity index (χ1n) is 23.2. The number of para-hydroxylation sites is 5. The summed E-state index contributed by atoms with van der Waals surface area (Å²) in [5.74, 6) is 2.14. The van der Waals surface area contributed by atoms with Crippen molar-refractivity contribution in [1.82, 2.24) is 19.5 Å². The van der Waals surface area contributed by atoms with Gasteiger partial charge in [0.1, 0.15) is 5.75 Å². The molecule has 0 radical (unpaired) electrons. The third-order valence-corrected chi connectivity index (χ3v) is 14.1. The summed E-state index contributed by atoms with van der Waals surface area (Å²) in [5, 5.41) is 2.08. The zero-order chi connectivity index (χ0) is 45.5. The van der Waals surface area contributed by atoms with E-state index in [4.69, 9.17) is 19.7 Å². The van der Waals surface area contributed by atoms with Crippen LogP contribution in [0.3, 0.4) is 0 Å². The predicted molar refractivity (Wildman–Crippen MR) is 280 cm³/mol. The van der Waals surface area contributed by atoms with E-state index < -0.39 is 0 Å². The topological polar surface area (TPSA) is 54.0 Å². The first-order valence-corrected chi connectivity index (χ1v) is 23.2. The second-order valence-electron chi connectivity index (χ2n) is 18.3. The van der Waals surface area contributed by atoms with Gasteiger partial charge in [0, 0.05) is 17.6 Å². The van der Waals surface area contributed by atoms with Gasteiger partial charge in [0.2, 0.25) is 6.71 Å². The molecule has 0 saturated heterocycles. The molecule has 4 heterocycles. The summed E-state index contributed by atoms with van der Waals surface area (Å²) in [5.41, 5.74) is 22.2. The summed E-state index contributed by atoms with van der Waals surface area (Å²) in [6, 6.07) is 62.4. The van der Waals surface area contributed by atoms with Crippen molar-refractivity contribution in [3.05, 3.63) is 209 Å². The third kappa shape index (κ3) is 6.89. The Morgan fingerprint density at radius 1 is 0.529 bits per heavy atom. The summed E-state index contributed by atoms with van der Waals surface area (Å²) in [7, 11) is 0. The van der Waals surface area contributed by atoms with Gasteiger partial charge in [0.25, 0.3) is 0 Å². The van der Waals surface area contributed by atoms with Crippen LogP contribution in [0.5, 0.6) is 11.5 Å². The van der Waals surface area contributed by atoms with Crippen LogP contribution in [-0.4, -0.2) is 28.0 Å². The molecule has 0 saturated carbocycles. The third-order valence-electron chi connectivity index (χ3n) is 14.1. The quantitative estimate of drug-likeness (QED) is 0.118. The molecule has 0 bridgehead atoms. The van der Waals surface area contributed by atoms with Gasteiger partial charge in [-0.2, -0.15) is 5.46 Å². The number of hydrogen-bond donors (Lipinski definition) is 0. The molecule has 0 aliphatic carbocycles. The molecule has 1 aliphatic heterocycles. The van der Waals surface area contributed by atoms with E-state index in [0.29, 0.717) is 11.5 Å². The number of benzene rings is 8. The average molecular weight is 1060 g/mol. The zero-order valence-electron chi connectivity index (χ0n) is 38.8. The minimum Gasteiger partial charge on any atom is -0.653 e. The molecule has 1 aliphatic rings. The number of nitrogens with zero attached hydrogens (tertiary/aromatic N) is 4. The van der Waals surface area contributed by atoms with E-state index in [0.717, 1.165) is 66.6 Å². The van der Waals surface area contributed by atoms with E-state index >= 15 is 0 Å². The van der Waals surface area contributed by atoms with E-state index in [1.165, 1.54) is 60.7 Å². The Hall–Kier alpha value is -7.20. The fraction of sp³-hybridized carbons (Fsp3) is 0.100. The normalized spacial score (nSPS) is 12.1. The van der Waals surface area contributed by atoms with Crippen molar-refractivity contribution >= 4 is 79.0 Å². The Balaban J connectivity index is 0.00000507. The Labute approximate surface area is 412 Å². The van der Waals surface area contributed by atoms with E-state index in [-0.39, 0.29) is 34.5 Å². The Morgan fingerprint density at radius 2 is 1.10 bits per heavy atom. The number of rotatable bonds is 7. The van der Waals surface area contributed by atoms with Crippen LogP contribution in [0.2, 0.25) is 0 Å². The van der Waals surface area contributed by atoms with Crippen molar-refractivity contribution in [2.75, 3.05) is 0 Å². The van der Waals surface area contributed by atoms with Crippen LogP contribution in [0.4, 0.5) is 0 Å². The van der Waals surface area contributed by atoms with E-state index in [9.17, 15) is 0 Å². The van der Waals surface area contributed by atoms with Crippen LogP contribution in [0.1, 0.15) is 33.4 Å². The second-order valence-corrected chi connectivity index (χ2v) is 18.3. The summed E-state index contributed by atoms with van der Waals surface area (Å²) in [6.07, 6.45) is 1.84. The number of aryl methyl sites for hydroxylation is 6. The van der Waals surface area contributed by atoms with Crippen LogP contribution in [-0.2, 0) is 21.1 Å². The monoisotopic (exact) mass is 1060 g/mol. The summed E-state index contributed by atoms with van der Waals surface area (Å²) in [4.78, 5) is 15.6. The van der Waals surface area contributed by atoms with Crippen molar-refractivity contribution in [3.63, 3.8) is 0 Å². The molecule has 8 aromatic carbocycles. The number of hydrogen-bond acceptors (Lipinski definition) is 3. The second kappa shape index (κ2) is 17.1. The van der Waals surface area contributed by atoms with E-state index in [1.807, 2.05) is 24.4 Å².